The van der Waals surface area contributed by atoms with Crippen LogP contribution in [0.25, 0.3) is 10.2 Å². The Bertz CT molecular complexity index is 1090. The zero-order valence-electron chi connectivity index (χ0n) is 16.0. The van der Waals surface area contributed by atoms with Gasteiger partial charge in [-0.2, -0.15) is 0 Å². The van der Waals surface area contributed by atoms with Crippen molar-refractivity contribution in [3.05, 3.63) is 41.0 Å². The van der Waals surface area contributed by atoms with Crippen molar-refractivity contribution >= 4 is 44.9 Å². The van der Waals surface area contributed by atoms with Gasteiger partial charge in [-0.1, -0.05) is 12.1 Å². The number of nitrogens with zero attached hydrogens (tertiary/aromatic N) is 3. The van der Waals surface area contributed by atoms with Crippen LogP contribution in [0, 0.1) is 0 Å². The topological polar surface area (TPSA) is 109 Å². The summed E-state index contributed by atoms with van der Waals surface area (Å²) in [5, 5.41) is 3.34. The number of nitrogens with one attached hydrogen (secondary N) is 1. The fraction of sp³-hybridized carbons (Fsp3) is 0.350. The van der Waals surface area contributed by atoms with Crippen molar-refractivity contribution in [1.82, 2.24) is 20.1 Å². The van der Waals surface area contributed by atoms with Gasteiger partial charge in [0.2, 0.25) is 11.6 Å². The molecule has 2 saturated heterocycles. The Hall–Kier alpha value is -3.11. The number of hydrogen-bond donors (Lipinski definition) is 1. The van der Waals surface area contributed by atoms with E-state index in [1.54, 1.807) is 0 Å². The van der Waals surface area contributed by atoms with Crippen LogP contribution >= 0.6 is 11.3 Å². The second-order valence-electron chi connectivity index (χ2n) is 7.48. The molecule has 0 aliphatic carbocycles. The maximum Gasteiger partial charge on any atom is 0.257 e. The van der Waals surface area contributed by atoms with Gasteiger partial charge in [0, 0.05) is 6.20 Å². The van der Waals surface area contributed by atoms with Gasteiger partial charge in [0.15, 0.2) is 6.04 Å². The minimum Gasteiger partial charge on any atom is -0.354 e. The van der Waals surface area contributed by atoms with Crippen LogP contribution in [0.3, 0.4) is 0 Å². The number of carbonyl (C=O) groups excluding carboxylic acids is 4. The number of ether oxygens (including phenoxy) is 1. The Morgan fingerprint density at radius 1 is 1.30 bits per heavy atom. The number of benzene rings is 1. The number of fused-ring (bicyclic) bond motifs is 3. The predicted octanol–water partition coefficient (Wildman–Crippen LogP) is 0.206. The van der Waals surface area contributed by atoms with E-state index in [9.17, 15) is 19.2 Å². The average molecular weight is 426 g/mol. The average Bonchev–Trinajstić information content (AvgIpc) is 3.32. The number of para-hydroxylation sites is 1. The summed E-state index contributed by atoms with van der Waals surface area (Å²) in [6.45, 7) is 2.57. The molecule has 2 amide bonds. The molecular weight excluding hydrogens is 408 g/mol. The number of piperazine rings is 1. The Morgan fingerprint density at radius 3 is 2.90 bits per heavy atom. The maximum atomic E-state index is 12.8. The third-order valence-corrected chi connectivity index (χ3v) is 6.53. The Balaban J connectivity index is 1.35. The minimum absolute atomic E-state index is 0.135. The van der Waals surface area contributed by atoms with Gasteiger partial charge in [-0.05, 0) is 19.1 Å². The molecule has 0 spiro atoms. The summed E-state index contributed by atoms with van der Waals surface area (Å²) < 4.78 is 6.61. The first kappa shape index (κ1) is 18.9. The number of Topliss-reactive ketones (excluding diaryl/α,β-unsaturated/α-hetero) is 2. The molecule has 154 valence electrons. The normalized spacial score (nSPS) is 26.0. The largest absolute Gasteiger partial charge is 0.354 e. The standard InChI is InChI=1S/C20H18N4O5S/c1-10-9-29-15-8-23-7-11(17(25)18(26)16(23)20(28)24(10)15)19(27)21-6-14-22-12-4-2-3-5-13(12)30-14/h2-5,7,10,15-16H,6,8-9H2,1H3,(H,21,27)/t10-,15+,16?/m0/s1. The van der Waals surface area contributed by atoms with E-state index in [4.69, 9.17) is 4.74 Å². The van der Waals surface area contributed by atoms with E-state index in [0.29, 0.717) is 11.6 Å². The Kier molecular flexibility index (Phi) is 4.40. The molecule has 0 bridgehead atoms. The van der Waals surface area contributed by atoms with Gasteiger partial charge in [0.05, 0.1) is 36.0 Å². The van der Waals surface area contributed by atoms with Crippen molar-refractivity contribution in [3.63, 3.8) is 0 Å². The summed E-state index contributed by atoms with van der Waals surface area (Å²) in [7, 11) is 0. The van der Waals surface area contributed by atoms with Crippen LogP contribution in [0.15, 0.2) is 36.0 Å². The van der Waals surface area contributed by atoms with Gasteiger partial charge >= 0.3 is 0 Å². The van der Waals surface area contributed by atoms with Crippen LogP contribution < -0.4 is 5.32 Å². The molecule has 0 saturated carbocycles. The quantitative estimate of drug-likeness (QED) is 0.424. The van der Waals surface area contributed by atoms with E-state index in [0.717, 1.165) is 10.2 Å². The van der Waals surface area contributed by atoms with Crippen molar-refractivity contribution in [1.29, 1.82) is 0 Å². The first-order valence-electron chi connectivity index (χ1n) is 9.56. The number of carbonyl (C=O) groups is 4. The second kappa shape index (κ2) is 6.99. The summed E-state index contributed by atoms with van der Waals surface area (Å²) in [4.78, 5) is 58.1. The highest BCUT2D eigenvalue weighted by Gasteiger charge is 2.52. The van der Waals surface area contributed by atoms with Gasteiger partial charge in [-0.3, -0.25) is 19.2 Å². The van der Waals surface area contributed by atoms with Crippen molar-refractivity contribution in [3.8, 4) is 0 Å². The zero-order valence-corrected chi connectivity index (χ0v) is 16.8. The van der Waals surface area contributed by atoms with Crippen molar-refractivity contribution in [2.75, 3.05) is 13.2 Å². The van der Waals surface area contributed by atoms with Crippen LogP contribution in [-0.4, -0.2) is 69.6 Å². The van der Waals surface area contributed by atoms with Gasteiger partial charge in [-0.15, -0.1) is 11.3 Å². The van der Waals surface area contributed by atoms with E-state index in [-0.39, 0.29) is 24.7 Å². The third-order valence-electron chi connectivity index (χ3n) is 5.50. The molecule has 2 aromatic rings. The molecule has 3 atom stereocenters. The fourth-order valence-electron chi connectivity index (χ4n) is 4.04. The van der Waals surface area contributed by atoms with Crippen LogP contribution in [0.2, 0.25) is 0 Å². The SMILES string of the molecule is C[C@H]1CO[C@@H]2CN3C=C(C(=O)NCc4nc5ccccc5s4)C(=O)C(=O)C3C(=O)N12. The zero-order chi connectivity index (χ0) is 21.0. The molecule has 1 N–H and O–H groups in total. The molecule has 5 rings (SSSR count). The molecule has 1 aromatic heterocycles. The molecular formula is C20H18N4O5S. The van der Waals surface area contributed by atoms with E-state index in [1.807, 2.05) is 31.2 Å². The van der Waals surface area contributed by atoms with Gasteiger partial charge in [0.25, 0.3) is 11.8 Å². The molecule has 3 aliphatic heterocycles. The van der Waals surface area contributed by atoms with Crippen LogP contribution in [0.5, 0.6) is 0 Å². The highest BCUT2D eigenvalue weighted by Crippen LogP contribution is 2.29. The number of amides is 2. The molecule has 1 aromatic carbocycles. The van der Waals surface area contributed by atoms with Crippen LogP contribution in [0.4, 0.5) is 0 Å². The highest BCUT2D eigenvalue weighted by molar-refractivity contribution is 7.18. The van der Waals surface area contributed by atoms with Gasteiger partial charge in [-0.25, -0.2) is 4.98 Å². The third kappa shape index (κ3) is 2.91. The van der Waals surface area contributed by atoms with Crippen molar-refractivity contribution < 1.29 is 23.9 Å². The molecule has 0 radical (unpaired) electrons. The van der Waals surface area contributed by atoms with Crippen molar-refractivity contribution in [2.45, 2.75) is 31.8 Å². The summed E-state index contributed by atoms with van der Waals surface area (Å²) in [6.07, 6.45) is 0.817. The van der Waals surface area contributed by atoms with E-state index < -0.39 is 35.7 Å². The van der Waals surface area contributed by atoms with Crippen LogP contribution in [0.1, 0.15) is 11.9 Å². The van der Waals surface area contributed by atoms with Gasteiger partial charge < -0.3 is 19.9 Å². The minimum atomic E-state index is -1.22. The van der Waals surface area contributed by atoms with E-state index >= 15 is 0 Å². The maximum absolute atomic E-state index is 12.8. The first-order valence-corrected chi connectivity index (χ1v) is 10.4. The summed E-state index contributed by atoms with van der Waals surface area (Å²) >= 11 is 1.44. The number of thiazole rings is 1. The van der Waals surface area contributed by atoms with Gasteiger partial charge in [0.1, 0.15) is 16.8 Å². The lowest BCUT2D eigenvalue weighted by Crippen LogP contribution is -2.65. The van der Waals surface area contributed by atoms with Crippen LogP contribution in [-0.2, 0) is 30.5 Å². The monoisotopic (exact) mass is 426 g/mol. The molecule has 10 heteroatoms. The predicted molar refractivity (Wildman–Crippen MR) is 106 cm³/mol. The number of aromatic nitrogens is 1. The first-order chi connectivity index (χ1) is 14.4. The Labute approximate surface area is 175 Å². The summed E-state index contributed by atoms with van der Waals surface area (Å²) in [5.41, 5.74) is 0.560. The smallest absolute Gasteiger partial charge is 0.257 e. The highest BCUT2D eigenvalue weighted by atomic mass is 32.1. The molecule has 4 heterocycles. The lowest BCUT2D eigenvalue weighted by Gasteiger charge is -2.43. The molecule has 1 unspecified atom stereocenters. The molecule has 2 fully saturated rings. The second-order valence-corrected chi connectivity index (χ2v) is 8.59. The molecule has 30 heavy (non-hydrogen) atoms. The number of ketones is 2. The number of rotatable bonds is 3. The molecule has 3 aliphatic rings. The van der Waals surface area contributed by atoms with Crippen molar-refractivity contribution in [2.24, 2.45) is 0 Å². The molecule has 9 nitrogen and oxygen atoms in total. The summed E-state index contributed by atoms with van der Waals surface area (Å²) in [6, 6.07) is 6.23. The lowest BCUT2D eigenvalue weighted by molar-refractivity contribution is -0.159. The van der Waals surface area contributed by atoms with E-state index in [2.05, 4.69) is 10.3 Å². The Morgan fingerprint density at radius 2 is 2.10 bits per heavy atom. The lowest BCUT2D eigenvalue weighted by atomic mass is 9.93. The number of hydrogen-bond acceptors (Lipinski definition) is 8. The summed E-state index contributed by atoms with van der Waals surface area (Å²) in [5.74, 6) is -2.95. The van der Waals surface area contributed by atoms with E-state index in [1.165, 1.54) is 27.3 Å². The fourth-order valence-corrected chi connectivity index (χ4v) is 4.95.